The highest BCUT2D eigenvalue weighted by Gasteiger charge is 2.26. The molecule has 0 unspecified atom stereocenters. The smallest absolute Gasteiger partial charge is 0.342 e. The summed E-state index contributed by atoms with van der Waals surface area (Å²) in [6.45, 7) is 4.58. The van der Waals surface area contributed by atoms with Gasteiger partial charge >= 0.3 is 5.97 Å². The number of amides is 1. The van der Waals surface area contributed by atoms with Crippen molar-refractivity contribution in [1.29, 1.82) is 0 Å². The van der Waals surface area contributed by atoms with Crippen LogP contribution in [0.4, 0.5) is 0 Å². The second-order valence-electron chi connectivity index (χ2n) is 6.90. The van der Waals surface area contributed by atoms with Crippen molar-refractivity contribution in [2.24, 2.45) is 0 Å². The zero-order valence-corrected chi connectivity index (χ0v) is 15.3. The van der Waals surface area contributed by atoms with Crippen LogP contribution in [0.5, 0.6) is 0 Å². The number of ether oxygens (including phenoxy) is 1. The molecule has 0 aliphatic carbocycles. The van der Waals surface area contributed by atoms with E-state index >= 15 is 0 Å². The quantitative estimate of drug-likeness (QED) is 0.662. The summed E-state index contributed by atoms with van der Waals surface area (Å²) in [7, 11) is 0. The van der Waals surface area contributed by atoms with E-state index in [9.17, 15) is 9.59 Å². The number of aromatic nitrogens is 1. The molecule has 1 aliphatic rings. The standard InChI is InChI=1S/C21H20N2O4/c1-13(2)26-21(25)17-5-3-4-15-10-16(27-19(15)17)12-23-9-7-14-6-8-22-11-18(14)20(23)24/h3-6,8,10-11,13H,7,9,12H2,1-2H3. The van der Waals surface area contributed by atoms with E-state index in [-0.39, 0.29) is 12.0 Å². The second kappa shape index (κ2) is 6.87. The van der Waals surface area contributed by atoms with Gasteiger partial charge in [-0.1, -0.05) is 12.1 Å². The predicted molar refractivity (Wildman–Crippen MR) is 99.4 cm³/mol. The molecule has 1 amide bonds. The molecule has 4 rings (SSSR count). The monoisotopic (exact) mass is 364 g/mol. The van der Waals surface area contributed by atoms with E-state index in [0.717, 1.165) is 17.4 Å². The summed E-state index contributed by atoms with van der Waals surface area (Å²) in [6, 6.07) is 9.12. The second-order valence-corrected chi connectivity index (χ2v) is 6.90. The van der Waals surface area contributed by atoms with Gasteiger partial charge in [-0.3, -0.25) is 9.78 Å². The van der Waals surface area contributed by atoms with Gasteiger partial charge in [-0.25, -0.2) is 4.79 Å². The van der Waals surface area contributed by atoms with Crippen LogP contribution in [0, 0.1) is 0 Å². The minimum absolute atomic E-state index is 0.0516. The topological polar surface area (TPSA) is 72.6 Å². The first kappa shape index (κ1) is 17.3. The van der Waals surface area contributed by atoms with E-state index in [2.05, 4.69) is 4.98 Å². The number of pyridine rings is 1. The van der Waals surface area contributed by atoms with Crippen LogP contribution >= 0.6 is 0 Å². The van der Waals surface area contributed by atoms with Crippen molar-refractivity contribution in [3.8, 4) is 0 Å². The van der Waals surface area contributed by atoms with Crippen LogP contribution in [0.25, 0.3) is 11.0 Å². The highest BCUT2D eigenvalue weighted by molar-refractivity contribution is 6.02. The van der Waals surface area contributed by atoms with Crippen LogP contribution in [0.1, 0.15) is 45.9 Å². The third kappa shape index (κ3) is 3.30. The molecule has 1 aromatic carbocycles. The Labute approximate surface area is 156 Å². The number of fused-ring (bicyclic) bond motifs is 2. The fraction of sp³-hybridized carbons (Fsp3) is 0.286. The van der Waals surface area contributed by atoms with Crippen molar-refractivity contribution < 1.29 is 18.7 Å². The van der Waals surface area contributed by atoms with E-state index in [1.807, 2.05) is 18.2 Å². The van der Waals surface area contributed by atoms with Gasteiger partial charge in [0.15, 0.2) is 0 Å². The molecule has 0 N–H and O–H groups in total. The average molecular weight is 364 g/mol. The molecule has 0 atom stereocenters. The Balaban J connectivity index is 1.60. The van der Waals surface area contributed by atoms with E-state index in [4.69, 9.17) is 9.15 Å². The maximum atomic E-state index is 12.7. The SMILES string of the molecule is CC(C)OC(=O)c1cccc2cc(CN3CCc4ccncc4C3=O)oc12. The predicted octanol–water partition coefficient (Wildman–Crippen LogP) is 3.59. The van der Waals surface area contributed by atoms with Crippen molar-refractivity contribution in [2.75, 3.05) is 6.54 Å². The summed E-state index contributed by atoms with van der Waals surface area (Å²) in [5.41, 5.74) is 2.55. The summed E-state index contributed by atoms with van der Waals surface area (Å²) in [4.78, 5) is 30.8. The van der Waals surface area contributed by atoms with Gasteiger partial charge in [-0.05, 0) is 44.0 Å². The first-order valence-electron chi connectivity index (χ1n) is 8.97. The molecule has 1 aliphatic heterocycles. The molecule has 2 aromatic heterocycles. The van der Waals surface area contributed by atoms with Gasteiger partial charge in [0.05, 0.1) is 18.2 Å². The van der Waals surface area contributed by atoms with Crippen molar-refractivity contribution in [3.05, 3.63) is 65.2 Å². The molecule has 0 saturated carbocycles. The molecular weight excluding hydrogens is 344 g/mol. The Morgan fingerprint density at radius 1 is 1.33 bits per heavy atom. The van der Waals surface area contributed by atoms with Crippen molar-refractivity contribution in [3.63, 3.8) is 0 Å². The van der Waals surface area contributed by atoms with E-state index in [1.54, 1.807) is 43.3 Å². The van der Waals surface area contributed by atoms with Crippen molar-refractivity contribution >= 4 is 22.8 Å². The van der Waals surface area contributed by atoms with Crippen LogP contribution < -0.4 is 0 Å². The lowest BCUT2D eigenvalue weighted by Gasteiger charge is -2.27. The minimum atomic E-state index is -0.412. The minimum Gasteiger partial charge on any atom is -0.459 e. The summed E-state index contributed by atoms with van der Waals surface area (Å²) >= 11 is 0. The van der Waals surface area contributed by atoms with Gasteiger partial charge < -0.3 is 14.1 Å². The number of rotatable bonds is 4. The van der Waals surface area contributed by atoms with E-state index < -0.39 is 5.97 Å². The molecule has 0 bridgehead atoms. The Kier molecular flexibility index (Phi) is 4.39. The maximum absolute atomic E-state index is 12.7. The third-order valence-electron chi connectivity index (χ3n) is 4.58. The van der Waals surface area contributed by atoms with Crippen molar-refractivity contribution in [1.82, 2.24) is 9.88 Å². The number of para-hydroxylation sites is 1. The number of carbonyl (C=O) groups is 2. The van der Waals surface area contributed by atoms with Gasteiger partial charge in [0, 0.05) is 24.3 Å². The first-order valence-corrected chi connectivity index (χ1v) is 8.97. The number of hydrogen-bond acceptors (Lipinski definition) is 5. The molecular formula is C21H20N2O4. The van der Waals surface area contributed by atoms with Crippen molar-refractivity contribution in [2.45, 2.75) is 32.9 Å². The van der Waals surface area contributed by atoms with Crippen LogP contribution in [-0.4, -0.2) is 34.4 Å². The molecule has 6 nitrogen and oxygen atoms in total. The largest absolute Gasteiger partial charge is 0.459 e. The Morgan fingerprint density at radius 3 is 3.00 bits per heavy atom. The van der Waals surface area contributed by atoms with Crippen LogP contribution in [0.2, 0.25) is 0 Å². The molecule has 0 radical (unpaired) electrons. The van der Waals surface area contributed by atoms with Crippen LogP contribution in [0.15, 0.2) is 47.1 Å². The van der Waals surface area contributed by atoms with Crippen LogP contribution in [0.3, 0.4) is 0 Å². The van der Waals surface area contributed by atoms with Gasteiger partial charge in [0.2, 0.25) is 0 Å². The molecule has 3 heterocycles. The molecule has 27 heavy (non-hydrogen) atoms. The number of hydrogen-bond donors (Lipinski definition) is 0. The fourth-order valence-corrected chi connectivity index (χ4v) is 3.33. The molecule has 6 heteroatoms. The molecule has 3 aromatic rings. The van der Waals surface area contributed by atoms with Gasteiger partial charge in [0.1, 0.15) is 16.9 Å². The zero-order chi connectivity index (χ0) is 19.0. The van der Waals surface area contributed by atoms with Crippen LogP contribution in [-0.2, 0) is 17.7 Å². The molecule has 0 fully saturated rings. The number of esters is 1. The Bertz CT molecular complexity index is 1020. The molecule has 0 saturated heterocycles. The molecule has 0 spiro atoms. The highest BCUT2D eigenvalue weighted by Crippen LogP contribution is 2.26. The van der Waals surface area contributed by atoms with E-state index in [0.29, 0.717) is 35.6 Å². The average Bonchev–Trinajstić information content (AvgIpc) is 3.06. The Hall–Kier alpha value is -3.15. The highest BCUT2D eigenvalue weighted by atomic mass is 16.5. The number of carbonyl (C=O) groups excluding carboxylic acids is 2. The number of benzene rings is 1. The Morgan fingerprint density at radius 2 is 2.19 bits per heavy atom. The zero-order valence-electron chi connectivity index (χ0n) is 15.3. The lowest BCUT2D eigenvalue weighted by Crippen LogP contribution is -2.37. The summed E-state index contributed by atoms with van der Waals surface area (Å²) in [6.07, 6.45) is 3.90. The summed E-state index contributed by atoms with van der Waals surface area (Å²) in [5.74, 6) is 0.172. The summed E-state index contributed by atoms with van der Waals surface area (Å²) in [5, 5.41) is 0.815. The normalized spacial score (nSPS) is 13.9. The van der Waals surface area contributed by atoms with Gasteiger partial charge in [0.25, 0.3) is 5.91 Å². The lowest BCUT2D eigenvalue weighted by atomic mass is 10.0. The number of furan rings is 1. The number of nitrogens with zero attached hydrogens (tertiary/aromatic N) is 2. The van der Waals surface area contributed by atoms with Gasteiger partial charge in [-0.15, -0.1) is 0 Å². The van der Waals surface area contributed by atoms with E-state index in [1.165, 1.54) is 0 Å². The summed E-state index contributed by atoms with van der Waals surface area (Å²) < 4.78 is 11.2. The molecule has 138 valence electrons. The lowest BCUT2D eigenvalue weighted by molar-refractivity contribution is 0.0378. The maximum Gasteiger partial charge on any atom is 0.342 e. The first-order chi connectivity index (χ1) is 13.0. The third-order valence-corrected chi connectivity index (χ3v) is 4.58. The van der Waals surface area contributed by atoms with Gasteiger partial charge in [-0.2, -0.15) is 0 Å². The fourth-order valence-electron chi connectivity index (χ4n) is 3.33.